The number of hydrogen-bond acceptors (Lipinski definition) is 2. The van der Waals surface area contributed by atoms with E-state index in [4.69, 9.17) is 4.42 Å². The highest BCUT2D eigenvalue weighted by molar-refractivity contribution is 6.09. The van der Waals surface area contributed by atoms with Crippen LogP contribution in [0.15, 0.2) is 241 Å². The third-order valence-corrected chi connectivity index (χ3v) is 14.6. The molecular weight excluding hydrogens is 799 g/mol. The van der Waals surface area contributed by atoms with E-state index in [1.807, 2.05) is 6.07 Å². The number of fused-ring (bicyclic) bond motifs is 9. The lowest BCUT2D eigenvalue weighted by Gasteiger charge is -2.35. The molecule has 0 unspecified atom stereocenters. The van der Waals surface area contributed by atoms with Gasteiger partial charge in [0.2, 0.25) is 0 Å². The standard InChI is InChI=1S/C64H45NO/c1-63(2)55-28-14-12-24-50(55)51-39-37-48(41-57(51)63)65(47-35-32-43(33-36-47)49-26-16-27-53-52-25-13-15-31-60(52)66-62(49)53)59-30-17-29-56-61(59)54-38-34-44(42-18-6-3-7-19-42)40-58(54)64(56,45-20-8-4-9-21-45)46-22-10-5-11-23-46/h3-41H,1-2H3. The molecule has 2 nitrogen and oxygen atoms in total. The minimum atomic E-state index is -0.587. The molecule has 312 valence electrons. The van der Waals surface area contributed by atoms with Crippen LogP contribution in [0.1, 0.15) is 47.2 Å². The third-order valence-electron chi connectivity index (χ3n) is 14.6. The molecule has 1 aromatic heterocycles. The first-order valence-corrected chi connectivity index (χ1v) is 23.0. The van der Waals surface area contributed by atoms with Crippen molar-refractivity contribution >= 4 is 39.0 Å². The summed E-state index contributed by atoms with van der Waals surface area (Å²) >= 11 is 0. The van der Waals surface area contributed by atoms with Crippen LogP contribution in [0.2, 0.25) is 0 Å². The predicted molar refractivity (Wildman–Crippen MR) is 274 cm³/mol. The largest absolute Gasteiger partial charge is 0.455 e. The Hall–Kier alpha value is -8.20. The maximum Gasteiger partial charge on any atom is 0.143 e. The van der Waals surface area contributed by atoms with Crippen LogP contribution in [0.25, 0.3) is 66.4 Å². The van der Waals surface area contributed by atoms with Gasteiger partial charge in [-0.2, -0.15) is 0 Å². The van der Waals surface area contributed by atoms with Crippen LogP contribution in [0.4, 0.5) is 17.1 Å². The van der Waals surface area contributed by atoms with Gasteiger partial charge in [-0.3, -0.25) is 0 Å². The number of hydrogen-bond donors (Lipinski definition) is 0. The van der Waals surface area contributed by atoms with Crippen molar-refractivity contribution in [2.45, 2.75) is 24.7 Å². The van der Waals surface area contributed by atoms with Gasteiger partial charge in [0.1, 0.15) is 11.2 Å². The van der Waals surface area contributed by atoms with Crippen LogP contribution in [-0.4, -0.2) is 0 Å². The molecule has 0 N–H and O–H groups in total. The van der Waals surface area contributed by atoms with E-state index in [0.717, 1.165) is 50.1 Å². The van der Waals surface area contributed by atoms with E-state index in [0.29, 0.717) is 0 Å². The zero-order valence-corrected chi connectivity index (χ0v) is 36.9. The summed E-state index contributed by atoms with van der Waals surface area (Å²) in [5.74, 6) is 0. The first-order chi connectivity index (χ1) is 32.5. The fourth-order valence-electron chi connectivity index (χ4n) is 11.5. The summed E-state index contributed by atoms with van der Waals surface area (Å²) in [6.45, 7) is 4.74. The Kier molecular flexibility index (Phi) is 8.51. The normalized spacial score (nSPS) is 13.8. The van der Waals surface area contributed by atoms with Crippen molar-refractivity contribution in [3.63, 3.8) is 0 Å². The summed E-state index contributed by atoms with van der Waals surface area (Å²) in [5.41, 5.74) is 21.8. The molecule has 0 amide bonds. The second-order valence-electron chi connectivity index (χ2n) is 18.4. The molecule has 0 fully saturated rings. The van der Waals surface area contributed by atoms with Crippen LogP contribution in [0.5, 0.6) is 0 Å². The van der Waals surface area contributed by atoms with Crippen LogP contribution >= 0.6 is 0 Å². The van der Waals surface area contributed by atoms with Crippen molar-refractivity contribution < 1.29 is 4.42 Å². The van der Waals surface area contributed by atoms with Gasteiger partial charge in [0.25, 0.3) is 0 Å². The summed E-state index contributed by atoms with van der Waals surface area (Å²) in [5, 5.41) is 2.26. The summed E-state index contributed by atoms with van der Waals surface area (Å²) < 4.78 is 6.55. The Labute approximate surface area is 385 Å². The number of anilines is 3. The molecule has 2 aliphatic carbocycles. The Morgan fingerprint density at radius 3 is 1.71 bits per heavy atom. The molecule has 2 heteroatoms. The molecule has 66 heavy (non-hydrogen) atoms. The molecule has 0 radical (unpaired) electrons. The molecule has 0 spiro atoms. The Bertz CT molecular complexity index is 3620. The SMILES string of the molecule is CC1(C)c2ccccc2-c2ccc(N(c3ccc(-c4cccc5c4oc4ccccc45)cc3)c3cccc4c3-c3ccc(-c5ccccc5)cc3C4(c3ccccc3)c3ccccc3)cc21. The lowest BCUT2D eigenvalue weighted by Crippen LogP contribution is -2.28. The smallest absolute Gasteiger partial charge is 0.143 e. The minimum Gasteiger partial charge on any atom is -0.455 e. The summed E-state index contributed by atoms with van der Waals surface area (Å²) in [4.78, 5) is 2.50. The van der Waals surface area contributed by atoms with Gasteiger partial charge in [0, 0.05) is 38.7 Å². The van der Waals surface area contributed by atoms with Crippen molar-refractivity contribution in [3.05, 3.63) is 270 Å². The number of nitrogens with zero attached hydrogens (tertiary/aromatic N) is 1. The minimum absolute atomic E-state index is 0.169. The molecule has 11 aromatic rings. The Morgan fingerprint density at radius 1 is 0.364 bits per heavy atom. The third kappa shape index (κ3) is 5.55. The first kappa shape index (κ1) is 38.3. The van der Waals surface area contributed by atoms with Gasteiger partial charge in [-0.1, -0.05) is 208 Å². The Balaban J connectivity index is 1.07. The van der Waals surface area contributed by atoms with Gasteiger partial charge in [0.15, 0.2) is 0 Å². The van der Waals surface area contributed by atoms with Crippen LogP contribution in [-0.2, 0) is 10.8 Å². The second kappa shape index (κ2) is 14.7. The zero-order chi connectivity index (χ0) is 44.0. The Morgan fingerprint density at radius 2 is 0.939 bits per heavy atom. The van der Waals surface area contributed by atoms with Gasteiger partial charge in [-0.25, -0.2) is 0 Å². The number of benzene rings is 10. The van der Waals surface area contributed by atoms with Gasteiger partial charge in [-0.15, -0.1) is 0 Å². The highest BCUT2D eigenvalue weighted by Crippen LogP contribution is 2.60. The summed E-state index contributed by atoms with van der Waals surface area (Å²) in [7, 11) is 0. The fraction of sp³-hybridized carbons (Fsp3) is 0.0625. The molecule has 0 aliphatic heterocycles. The van der Waals surface area contributed by atoms with Gasteiger partial charge < -0.3 is 9.32 Å². The topological polar surface area (TPSA) is 16.4 Å². The fourth-order valence-corrected chi connectivity index (χ4v) is 11.5. The van der Waals surface area contributed by atoms with E-state index in [2.05, 4.69) is 249 Å². The number of furan rings is 1. The second-order valence-corrected chi connectivity index (χ2v) is 18.4. The highest BCUT2D eigenvalue weighted by atomic mass is 16.3. The molecule has 13 rings (SSSR count). The van der Waals surface area contributed by atoms with Gasteiger partial charge in [-0.05, 0) is 109 Å². The molecule has 0 saturated heterocycles. The lowest BCUT2D eigenvalue weighted by molar-refractivity contribution is 0.660. The molecule has 0 saturated carbocycles. The quantitative estimate of drug-likeness (QED) is 0.159. The van der Waals surface area contributed by atoms with Gasteiger partial charge >= 0.3 is 0 Å². The van der Waals surface area contributed by atoms with E-state index < -0.39 is 5.41 Å². The van der Waals surface area contributed by atoms with E-state index in [9.17, 15) is 0 Å². The molecule has 0 bridgehead atoms. The molecule has 2 aliphatic rings. The van der Waals surface area contributed by atoms with Crippen molar-refractivity contribution in [1.29, 1.82) is 0 Å². The van der Waals surface area contributed by atoms with E-state index in [1.165, 1.54) is 66.8 Å². The van der Waals surface area contributed by atoms with E-state index in [-0.39, 0.29) is 5.41 Å². The van der Waals surface area contributed by atoms with E-state index >= 15 is 0 Å². The van der Waals surface area contributed by atoms with E-state index in [1.54, 1.807) is 0 Å². The first-order valence-electron chi connectivity index (χ1n) is 23.0. The average molecular weight is 844 g/mol. The molecular formula is C64H45NO. The monoisotopic (exact) mass is 843 g/mol. The molecule has 0 atom stereocenters. The summed E-state index contributed by atoms with van der Waals surface area (Å²) in [6, 6.07) is 87.1. The van der Waals surface area contributed by atoms with Crippen LogP contribution < -0.4 is 4.90 Å². The van der Waals surface area contributed by atoms with Crippen LogP contribution in [0.3, 0.4) is 0 Å². The maximum absolute atomic E-state index is 6.55. The maximum atomic E-state index is 6.55. The molecule has 10 aromatic carbocycles. The zero-order valence-electron chi connectivity index (χ0n) is 36.9. The number of para-hydroxylation sites is 2. The number of rotatable bonds is 7. The average Bonchev–Trinajstić information content (AvgIpc) is 3.99. The van der Waals surface area contributed by atoms with Crippen molar-refractivity contribution in [2.75, 3.05) is 4.90 Å². The molecule has 1 heterocycles. The lowest BCUT2D eigenvalue weighted by atomic mass is 9.67. The predicted octanol–water partition coefficient (Wildman–Crippen LogP) is 17.1. The highest BCUT2D eigenvalue weighted by Gasteiger charge is 2.48. The summed E-state index contributed by atoms with van der Waals surface area (Å²) in [6.07, 6.45) is 0. The van der Waals surface area contributed by atoms with Gasteiger partial charge in [0.05, 0.1) is 11.1 Å². The van der Waals surface area contributed by atoms with Crippen LogP contribution in [0, 0.1) is 0 Å². The van der Waals surface area contributed by atoms with Crippen molar-refractivity contribution in [2.24, 2.45) is 0 Å². The van der Waals surface area contributed by atoms with Crippen molar-refractivity contribution in [1.82, 2.24) is 0 Å². The van der Waals surface area contributed by atoms with Crippen molar-refractivity contribution in [3.8, 4) is 44.5 Å².